The zero-order chi connectivity index (χ0) is 14.9. The van der Waals surface area contributed by atoms with E-state index >= 15 is 0 Å². The summed E-state index contributed by atoms with van der Waals surface area (Å²) in [5, 5.41) is 0.896. The van der Waals surface area contributed by atoms with Crippen molar-refractivity contribution in [2.45, 2.75) is 24.3 Å². The van der Waals surface area contributed by atoms with Crippen LogP contribution in [-0.2, 0) is 10.0 Å². The Labute approximate surface area is 129 Å². The summed E-state index contributed by atoms with van der Waals surface area (Å²) >= 11 is 3.55. The average molecular weight is 362 g/mol. The smallest absolute Gasteiger partial charge is 0.244 e. The van der Waals surface area contributed by atoms with Crippen LogP contribution in [0.3, 0.4) is 0 Å². The molecule has 1 aliphatic rings. The highest BCUT2D eigenvalue weighted by Crippen LogP contribution is 2.29. The van der Waals surface area contributed by atoms with E-state index in [-0.39, 0.29) is 4.90 Å². The first-order valence-corrected chi connectivity index (χ1v) is 9.15. The molecule has 2 heterocycles. The van der Waals surface area contributed by atoms with Crippen molar-refractivity contribution in [3.8, 4) is 0 Å². The zero-order valence-corrected chi connectivity index (χ0v) is 14.4. The van der Waals surface area contributed by atoms with Crippen molar-refractivity contribution in [2.75, 3.05) is 30.9 Å². The first-order valence-electron chi connectivity index (χ1n) is 6.59. The Hall–Kier alpha value is -0.660. The Morgan fingerprint density at radius 2 is 2.15 bits per heavy atom. The second-order valence-corrected chi connectivity index (χ2v) is 8.12. The molecule has 1 aliphatic heterocycles. The fourth-order valence-corrected chi connectivity index (χ4v) is 4.27. The number of pyridine rings is 1. The van der Waals surface area contributed by atoms with Gasteiger partial charge in [0, 0.05) is 38.2 Å². The van der Waals surface area contributed by atoms with Crippen LogP contribution in [0.5, 0.6) is 0 Å². The molecule has 20 heavy (non-hydrogen) atoms. The number of aromatic nitrogens is 1. The van der Waals surface area contributed by atoms with E-state index in [4.69, 9.17) is 0 Å². The van der Waals surface area contributed by atoms with E-state index in [1.165, 1.54) is 24.6 Å². The average Bonchev–Trinajstić information content (AvgIpc) is 2.79. The van der Waals surface area contributed by atoms with Crippen LogP contribution in [0.1, 0.15) is 13.3 Å². The van der Waals surface area contributed by atoms with Crippen molar-refractivity contribution in [3.05, 3.63) is 18.3 Å². The molecular formula is C13H20BrN3O2S. The largest absolute Gasteiger partial charge is 0.353 e. The van der Waals surface area contributed by atoms with E-state index in [1.807, 2.05) is 0 Å². The highest BCUT2D eigenvalue weighted by Gasteiger charge is 2.31. The van der Waals surface area contributed by atoms with Crippen LogP contribution in [0.2, 0.25) is 0 Å². The number of alkyl halides is 1. The van der Waals surface area contributed by atoms with E-state index in [1.54, 1.807) is 12.1 Å². The van der Waals surface area contributed by atoms with Gasteiger partial charge in [0.1, 0.15) is 10.7 Å². The first kappa shape index (κ1) is 15.7. The minimum Gasteiger partial charge on any atom is -0.353 e. The van der Waals surface area contributed by atoms with Gasteiger partial charge in [-0.25, -0.2) is 17.7 Å². The number of hydrogen-bond donors (Lipinski definition) is 0. The predicted octanol–water partition coefficient (Wildman–Crippen LogP) is 1.94. The molecule has 2 rings (SSSR count). The van der Waals surface area contributed by atoms with Gasteiger partial charge in [0.25, 0.3) is 0 Å². The van der Waals surface area contributed by atoms with Crippen LogP contribution in [-0.4, -0.2) is 49.7 Å². The van der Waals surface area contributed by atoms with Gasteiger partial charge in [0.2, 0.25) is 10.0 Å². The fourth-order valence-electron chi connectivity index (χ4n) is 2.43. The van der Waals surface area contributed by atoms with Gasteiger partial charge in [-0.1, -0.05) is 22.9 Å². The molecule has 2 atom stereocenters. The molecule has 1 aromatic heterocycles. The number of nitrogens with zero attached hydrogens (tertiary/aromatic N) is 3. The van der Waals surface area contributed by atoms with Gasteiger partial charge in [-0.15, -0.1) is 0 Å². The number of hydrogen-bond acceptors (Lipinski definition) is 4. The van der Waals surface area contributed by atoms with E-state index in [2.05, 4.69) is 32.7 Å². The summed E-state index contributed by atoms with van der Waals surface area (Å²) in [5.74, 6) is 1.46. The van der Waals surface area contributed by atoms with Gasteiger partial charge in [-0.2, -0.15) is 0 Å². The lowest BCUT2D eigenvalue weighted by molar-refractivity contribution is 0.520. The van der Waals surface area contributed by atoms with Crippen molar-refractivity contribution >= 4 is 31.8 Å². The summed E-state index contributed by atoms with van der Waals surface area (Å²) in [6, 6.07) is 3.84. The maximum Gasteiger partial charge on any atom is 0.244 e. The molecule has 0 N–H and O–H groups in total. The van der Waals surface area contributed by atoms with Gasteiger partial charge in [-0.05, 0) is 24.5 Å². The fraction of sp³-hybridized carbons (Fsp3) is 0.615. The Morgan fingerprint density at radius 1 is 1.45 bits per heavy atom. The minimum absolute atomic E-state index is 0.230. The number of anilines is 1. The van der Waals surface area contributed by atoms with Crippen molar-refractivity contribution < 1.29 is 8.42 Å². The Morgan fingerprint density at radius 3 is 2.65 bits per heavy atom. The molecule has 2 unspecified atom stereocenters. The van der Waals surface area contributed by atoms with E-state index < -0.39 is 10.0 Å². The van der Waals surface area contributed by atoms with Gasteiger partial charge in [0.05, 0.1) is 0 Å². The lowest BCUT2D eigenvalue weighted by Crippen LogP contribution is -2.34. The predicted molar refractivity (Wildman–Crippen MR) is 83.8 cm³/mol. The molecule has 0 saturated carbocycles. The molecule has 0 bridgehead atoms. The van der Waals surface area contributed by atoms with E-state index in [0.717, 1.165) is 24.1 Å². The maximum absolute atomic E-state index is 12.0. The lowest BCUT2D eigenvalue weighted by Gasteiger charge is -2.26. The molecule has 0 radical (unpaired) electrons. The standard InChI is InChI=1S/C13H20BrN3O2S/c1-10-6-7-17(12(10)8-14)13-5-4-11(9-15-13)20(18,19)16(2)3/h4-5,9-10,12H,6-8H2,1-3H3. The van der Waals surface area contributed by atoms with E-state index in [9.17, 15) is 8.42 Å². The van der Waals surface area contributed by atoms with Gasteiger partial charge in [0.15, 0.2) is 0 Å². The number of halogens is 1. The maximum atomic E-state index is 12.0. The van der Waals surface area contributed by atoms with Crippen LogP contribution >= 0.6 is 15.9 Å². The summed E-state index contributed by atoms with van der Waals surface area (Å²) in [4.78, 5) is 6.81. The van der Waals surface area contributed by atoms with Crippen molar-refractivity contribution in [3.63, 3.8) is 0 Å². The summed E-state index contributed by atoms with van der Waals surface area (Å²) in [7, 11) is -0.364. The summed E-state index contributed by atoms with van der Waals surface area (Å²) in [6.07, 6.45) is 2.58. The van der Waals surface area contributed by atoms with Crippen molar-refractivity contribution in [2.24, 2.45) is 5.92 Å². The summed E-state index contributed by atoms with van der Waals surface area (Å²) in [6.45, 7) is 3.20. The molecule has 1 aromatic rings. The van der Waals surface area contributed by atoms with Crippen LogP contribution in [0.25, 0.3) is 0 Å². The Bertz CT molecular complexity index is 559. The molecular weight excluding hydrogens is 342 g/mol. The van der Waals surface area contributed by atoms with Gasteiger partial charge in [-0.3, -0.25) is 0 Å². The van der Waals surface area contributed by atoms with Crippen LogP contribution < -0.4 is 4.90 Å². The third-order valence-corrected chi connectivity index (χ3v) is 6.30. The molecule has 5 nitrogen and oxygen atoms in total. The first-order chi connectivity index (χ1) is 9.37. The van der Waals surface area contributed by atoms with Crippen molar-refractivity contribution in [1.82, 2.24) is 9.29 Å². The van der Waals surface area contributed by atoms with Crippen LogP contribution in [0, 0.1) is 5.92 Å². The molecule has 0 aliphatic carbocycles. The SMILES string of the molecule is CC1CCN(c2ccc(S(=O)(=O)N(C)C)cn2)C1CBr. The third-order valence-electron chi connectivity index (χ3n) is 3.83. The van der Waals surface area contributed by atoms with Gasteiger partial charge < -0.3 is 4.90 Å². The lowest BCUT2D eigenvalue weighted by atomic mass is 10.1. The number of sulfonamides is 1. The highest BCUT2D eigenvalue weighted by molar-refractivity contribution is 9.09. The summed E-state index contributed by atoms with van der Waals surface area (Å²) < 4.78 is 25.2. The zero-order valence-electron chi connectivity index (χ0n) is 12.0. The normalized spacial score (nSPS) is 23.6. The molecule has 0 amide bonds. The molecule has 112 valence electrons. The Kier molecular flexibility index (Phi) is 4.71. The highest BCUT2D eigenvalue weighted by atomic mass is 79.9. The Balaban J connectivity index is 2.25. The van der Waals surface area contributed by atoms with E-state index in [0.29, 0.717) is 12.0 Å². The topological polar surface area (TPSA) is 53.5 Å². The monoisotopic (exact) mass is 361 g/mol. The molecule has 1 fully saturated rings. The molecule has 0 aromatic carbocycles. The molecule has 1 saturated heterocycles. The third kappa shape index (κ3) is 2.84. The molecule has 0 spiro atoms. The van der Waals surface area contributed by atoms with Crippen molar-refractivity contribution in [1.29, 1.82) is 0 Å². The minimum atomic E-state index is -3.40. The van der Waals surface area contributed by atoms with Crippen LogP contribution in [0.4, 0.5) is 5.82 Å². The summed E-state index contributed by atoms with van der Waals surface area (Å²) in [5.41, 5.74) is 0. The van der Waals surface area contributed by atoms with Gasteiger partial charge >= 0.3 is 0 Å². The quantitative estimate of drug-likeness (QED) is 0.769. The molecule has 7 heteroatoms. The second-order valence-electron chi connectivity index (χ2n) is 5.32. The number of rotatable bonds is 4. The second kappa shape index (κ2) is 5.99. The van der Waals surface area contributed by atoms with Crippen LogP contribution in [0.15, 0.2) is 23.2 Å².